The molecule has 17 heavy (non-hydrogen) atoms. The molecule has 2 N–H and O–H groups in total. The van der Waals surface area contributed by atoms with Gasteiger partial charge in [0.2, 0.25) is 0 Å². The summed E-state index contributed by atoms with van der Waals surface area (Å²) in [5.41, 5.74) is 8.07. The molecule has 1 rings (SSSR count). The fourth-order valence-electron chi connectivity index (χ4n) is 2.16. The molecule has 4 heteroatoms. The van der Waals surface area contributed by atoms with E-state index in [-0.39, 0.29) is 0 Å². The molecule has 0 saturated heterocycles. The molecule has 0 aliphatic carbocycles. The van der Waals surface area contributed by atoms with E-state index in [9.17, 15) is 0 Å². The van der Waals surface area contributed by atoms with Gasteiger partial charge >= 0.3 is 0 Å². The Labute approximate surface area is 105 Å². The van der Waals surface area contributed by atoms with Gasteiger partial charge in [-0.05, 0) is 18.8 Å². The Morgan fingerprint density at radius 1 is 1.29 bits per heavy atom. The highest BCUT2D eigenvalue weighted by Crippen LogP contribution is 2.30. The van der Waals surface area contributed by atoms with Gasteiger partial charge in [0.05, 0.1) is 11.4 Å². The number of nitrogens with two attached hydrogens (primary N) is 1. The lowest BCUT2D eigenvalue weighted by Crippen LogP contribution is -2.29. The zero-order valence-electron chi connectivity index (χ0n) is 12.0. The van der Waals surface area contributed by atoms with Crippen LogP contribution in [0.3, 0.4) is 0 Å². The summed E-state index contributed by atoms with van der Waals surface area (Å²) < 4.78 is 1.91. The smallest absolute Gasteiger partial charge is 0.150 e. The third kappa shape index (κ3) is 2.93. The molecule has 0 amide bonds. The molecule has 0 radical (unpaired) electrons. The summed E-state index contributed by atoms with van der Waals surface area (Å²) in [5.74, 6) is 2.05. The van der Waals surface area contributed by atoms with Crippen molar-refractivity contribution in [2.75, 3.05) is 23.7 Å². The normalized spacial score (nSPS) is 11.5. The summed E-state index contributed by atoms with van der Waals surface area (Å²) in [6, 6.07) is 0. The van der Waals surface area contributed by atoms with E-state index in [0.29, 0.717) is 11.8 Å². The Morgan fingerprint density at radius 2 is 1.88 bits per heavy atom. The molecule has 0 saturated carbocycles. The summed E-state index contributed by atoms with van der Waals surface area (Å²) in [7, 11) is 1.97. The molecule has 0 unspecified atom stereocenters. The largest absolute Gasteiger partial charge is 0.394 e. The third-order valence-corrected chi connectivity index (χ3v) is 2.89. The van der Waals surface area contributed by atoms with Crippen LogP contribution in [0.5, 0.6) is 0 Å². The number of hydrogen-bond acceptors (Lipinski definition) is 3. The van der Waals surface area contributed by atoms with E-state index >= 15 is 0 Å². The first-order valence-corrected chi connectivity index (χ1v) is 6.45. The Bertz CT molecular complexity index is 366. The maximum Gasteiger partial charge on any atom is 0.150 e. The second-order valence-corrected chi connectivity index (χ2v) is 5.33. The summed E-state index contributed by atoms with van der Waals surface area (Å²) in [6.07, 6.45) is 0. The lowest BCUT2D eigenvalue weighted by atomic mass is 10.1. The third-order valence-electron chi connectivity index (χ3n) is 2.89. The summed E-state index contributed by atoms with van der Waals surface area (Å²) in [5, 5.41) is 4.54. The molecule has 0 aliphatic rings. The van der Waals surface area contributed by atoms with E-state index in [2.05, 4.69) is 44.6 Å². The predicted octanol–water partition coefficient (Wildman–Crippen LogP) is 2.61. The molecule has 4 nitrogen and oxygen atoms in total. The Balaban J connectivity index is 3.11. The van der Waals surface area contributed by atoms with Crippen molar-refractivity contribution in [3.8, 4) is 0 Å². The van der Waals surface area contributed by atoms with E-state index in [1.165, 1.54) is 0 Å². The van der Waals surface area contributed by atoms with E-state index in [1.807, 2.05) is 11.7 Å². The molecule has 0 fully saturated rings. The number of aromatic nitrogens is 2. The number of nitrogen functional groups attached to an aromatic ring is 1. The van der Waals surface area contributed by atoms with Crippen molar-refractivity contribution in [2.45, 2.75) is 40.5 Å². The van der Waals surface area contributed by atoms with Crippen LogP contribution in [0.2, 0.25) is 0 Å². The minimum Gasteiger partial charge on any atom is -0.394 e. The fourth-order valence-corrected chi connectivity index (χ4v) is 2.16. The molecule has 98 valence electrons. The van der Waals surface area contributed by atoms with E-state index in [0.717, 1.165) is 30.3 Å². The van der Waals surface area contributed by atoms with Gasteiger partial charge in [0.15, 0.2) is 0 Å². The molecular weight excluding hydrogens is 212 g/mol. The lowest BCUT2D eigenvalue weighted by molar-refractivity contribution is 0.599. The summed E-state index contributed by atoms with van der Waals surface area (Å²) in [6.45, 7) is 12.8. The van der Waals surface area contributed by atoms with Gasteiger partial charge in [-0.25, -0.2) is 0 Å². The molecule has 1 heterocycles. The van der Waals surface area contributed by atoms with Crippen molar-refractivity contribution in [1.82, 2.24) is 9.78 Å². The van der Waals surface area contributed by atoms with Crippen LogP contribution in [0.15, 0.2) is 0 Å². The van der Waals surface area contributed by atoms with Crippen molar-refractivity contribution >= 4 is 11.5 Å². The van der Waals surface area contributed by atoms with E-state index < -0.39 is 0 Å². The van der Waals surface area contributed by atoms with Gasteiger partial charge in [-0.1, -0.05) is 27.7 Å². The number of anilines is 2. The fraction of sp³-hybridized carbons (Fsp3) is 0.769. The first-order chi connectivity index (χ1) is 7.88. The molecular formula is C13H26N4. The van der Waals surface area contributed by atoms with Crippen LogP contribution in [-0.2, 0) is 7.05 Å². The zero-order chi connectivity index (χ0) is 13.2. The Kier molecular flexibility index (Phi) is 4.43. The molecule has 0 atom stereocenters. The maximum atomic E-state index is 6.23. The summed E-state index contributed by atoms with van der Waals surface area (Å²) >= 11 is 0. The predicted molar refractivity (Wildman–Crippen MR) is 74.4 cm³/mol. The van der Waals surface area contributed by atoms with Crippen LogP contribution < -0.4 is 10.6 Å². The second kappa shape index (κ2) is 5.43. The molecule has 0 spiro atoms. The van der Waals surface area contributed by atoms with Gasteiger partial charge in [-0.15, -0.1) is 0 Å². The molecule has 0 bridgehead atoms. The quantitative estimate of drug-likeness (QED) is 0.857. The van der Waals surface area contributed by atoms with Crippen LogP contribution in [0, 0.1) is 5.92 Å². The Hall–Kier alpha value is -1.19. The minimum atomic E-state index is 0.368. The highest BCUT2D eigenvalue weighted by Gasteiger charge is 2.20. The van der Waals surface area contributed by atoms with Gasteiger partial charge in [0, 0.05) is 20.1 Å². The maximum absolute atomic E-state index is 6.23. The second-order valence-electron chi connectivity index (χ2n) is 5.33. The van der Waals surface area contributed by atoms with Crippen molar-refractivity contribution in [1.29, 1.82) is 0 Å². The van der Waals surface area contributed by atoms with Crippen LogP contribution in [0.1, 0.15) is 46.2 Å². The highest BCUT2D eigenvalue weighted by molar-refractivity contribution is 5.67. The topological polar surface area (TPSA) is 47.1 Å². The minimum absolute atomic E-state index is 0.368. The number of nitrogens with zero attached hydrogens (tertiary/aromatic N) is 3. The molecule has 1 aromatic rings. The Morgan fingerprint density at radius 3 is 2.24 bits per heavy atom. The van der Waals surface area contributed by atoms with Gasteiger partial charge in [0.1, 0.15) is 5.82 Å². The monoisotopic (exact) mass is 238 g/mol. The standard InChI is InChI=1S/C13H26N4/c1-7-17(8-9(2)3)13-11(14)12(10(4)5)15-16(13)6/h9-10H,7-8,14H2,1-6H3. The summed E-state index contributed by atoms with van der Waals surface area (Å²) in [4.78, 5) is 2.30. The molecule has 0 aromatic carbocycles. The van der Waals surface area contributed by atoms with Crippen molar-refractivity contribution in [3.05, 3.63) is 5.69 Å². The van der Waals surface area contributed by atoms with Crippen molar-refractivity contribution in [3.63, 3.8) is 0 Å². The van der Waals surface area contributed by atoms with Crippen molar-refractivity contribution in [2.24, 2.45) is 13.0 Å². The number of hydrogen-bond donors (Lipinski definition) is 1. The van der Waals surface area contributed by atoms with E-state index in [4.69, 9.17) is 5.73 Å². The van der Waals surface area contributed by atoms with Crippen LogP contribution >= 0.6 is 0 Å². The highest BCUT2D eigenvalue weighted by atomic mass is 15.4. The number of rotatable bonds is 5. The average molecular weight is 238 g/mol. The van der Waals surface area contributed by atoms with Gasteiger partial charge in [-0.2, -0.15) is 5.10 Å². The first-order valence-electron chi connectivity index (χ1n) is 6.45. The molecule has 1 aromatic heterocycles. The van der Waals surface area contributed by atoms with Crippen LogP contribution in [0.25, 0.3) is 0 Å². The average Bonchev–Trinajstić information content (AvgIpc) is 2.51. The van der Waals surface area contributed by atoms with Gasteiger partial charge in [-0.3, -0.25) is 4.68 Å². The molecule has 0 aliphatic heterocycles. The van der Waals surface area contributed by atoms with Crippen LogP contribution in [0.4, 0.5) is 11.5 Å². The SMILES string of the molecule is CCN(CC(C)C)c1c(N)c(C(C)C)nn1C. The first kappa shape index (κ1) is 13.9. The van der Waals surface area contributed by atoms with Gasteiger partial charge in [0.25, 0.3) is 0 Å². The van der Waals surface area contributed by atoms with Gasteiger partial charge < -0.3 is 10.6 Å². The van der Waals surface area contributed by atoms with Crippen LogP contribution in [-0.4, -0.2) is 22.9 Å². The van der Waals surface area contributed by atoms with Crippen molar-refractivity contribution < 1.29 is 0 Å². The zero-order valence-corrected chi connectivity index (χ0v) is 12.0. The van der Waals surface area contributed by atoms with E-state index in [1.54, 1.807) is 0 Å². The lowest BCUT2D eigenvalue weighted by Gasteiger charge is -2.25. The number of aryl methyl sites for hydroxylation is 1.